The van der Waals surface area contributed by atoms with Gasteiger partial charge in [0.1, 0.15) is 5.75 Å². The zero-order chi connectivity index (χ0) is 69.4. The van der Waals surface area contributed by atoms with E-state index in [-0.39, 0.29) is 95.3 Å². The number of benzene rings is 10. The second-order valence-corrected chi connectivity index (χ2v) is 36.3. The molecule has 0 saturated carbocycles. The molecule has 0 fully saturated rings. The molecule has 0 bridgehead atoms. The van der Waals surface area contributed by atoms with Crippen LogP contribution >= 0.6 is 0 Å². The van der Waals surface area contributed by atoms with Gasteiger partial charge in [0.15, 0.2) is 63.9 Å². The minimum atomic E-state index is -6.09. The molecular formula is C77H84F6I2O7S4+2. The van der Waals surface area contributed by atoms with Gasteiger partial charge in [-0.15, -0.1) is 0 Å². The van der Waals surface area contributed by atoms with Crippen molar-refractivity contribution in [2.75, 3.05) is 7.11 Å². The van der Waals surface area contributed by atoms with Crippen LogP contribution in [0.15, 0.2) is 308 Å². The number of ether oxygens (including phenoxy) is 1. The predicted octanol–water partition coefficient (Wildman–Crippen LogP) is 14.5. The second-order valence-electron chi connectivity index (χ2n) is 23.4. The van der Waals surface area contributed by atoms with Crippen LogP contribution in [0.25, 0.3) is 0 Å². The highest BCUT2D eigenvalue weighted by Crippen LogP contribution is 2.34. The van der Waals surface area contributed by atoms with Crippen LogP contribution in [0.5, 0.6) is 5.75 Å². The molecule has 0 radical (unpaired) electrons. The number of hydrogen-bond donors (Lipinski definition) is 0. The molecule has 0 heterocycles. The zero-order valence-corrected chi connectivity index (χ0v) is 61.2. The molecule has 0 unspecified atom stereocenters. The number of halogens is 8. The number of hydrogen-bond acceptors (Lipinski definition) is 7. The lowest BCUT2D eigenvalue weighted by Gasteiger charge is -2.19. The Balaban J connectivity index is 0.000000310. The van der Waals surface area contributed by atoms with E-state index in [2.05, 4.69) is 329 Å². The lowest BCUT2D eigenvalue weighted by atomic mass is 9.87. The average Bonchev–Trinajstić information content (AvgIpc) is 0.846. The lowest BCUT2D eigenvalue weighted by Crippen LogP contribution is -3.61. The van der Waals surface area contributed by atoms with Crippen molar-refractivity contribution in [1.29, 1.82) is 0 Å². The minimum Gasteiger partial charge on any atom is -0.741 e. The van der Waals surface area contributed by atoms with E-state index in [1.54, 1.807) is 7.11 Å². The van der Waals surface area contributed by atoms with Gasteiger partial charge >= 0.3 is 53.4 Å². The highest BCUT2D eigenvalue weighted by atomic mass is 127. The van der Waals surface area contributed by atoms with Crippen LogP contribution in [-0.2, 0) is 58.3 Å². The average molecular weight is 1620 g/mol. The third-order valence-corrected chi connectivity index (χ3v) is 24.0. The quantitative estimate of drug-likeness (QED) is 0.0415. The molecule has 7 nitrogen and oxygen atoms in total. The summed E-state index contributed by atoms with van der Waals surface area (Å²) in [6.45, 7) is 20.4. The summed E-state index contributed by atoms with van der Waals surface area (Å²) in [5, 5.41) is 0. The van der Waals surface area contributed by atoms with Crippen molar-refractivity contribution < 1.29 is 99.4 Å². The van der Waals surface area contributed by atoms with Crippen molar-refractivity contribution in [2.45, 2.75) is 134 Å². The fourth-order valence-electron chi connectivity index (χ4n) is 8.08. The van der Waals surface area contributed by atoms with Crippen LogP contribution < -0.4 is 47.1 Å². The van der Waals surface area contributed by atoms with Gasteiger partial charge in [-0.3, -0.25) is 0 Å². The molecule has 19 heteroatoms. The van der Waals surface area contributed by atoms with Gasteiger partial charge in [0.05, 0.1) is 28.9 Å². The Bertz CT molecular complexity index is 3800. The van der Waals surface area contributed by atoms with Gasteiger partial charge in [-0.05, 0) is 166 Å². The van der Waals surface area contributed by atoms with Gasteiger partial charge in [-0.1, -0.05) is 223 Å². The van der Waals surface area contributed by atoms with Crippen molar-refractivity contribution in [2.24, 2.45) is 0 Å². The van der Waals surface area contributed by atoms with Crippen molar-refractivity contribution in [3.05, 3.63) is 310 Å². The normalized spacial score (nSPS) is 11.5. The van der Waals surface area contributed by atoms with Gasteiger partial charge in [0.25, 0.3) is 0 Å². The zero-order valence-electron chi connectivity index (χ0n) is 53.6. The largest absolute Gasteiger partial charge is 0.741 e. The number of rotatable bonds is 11. The monoisotopic (exact) mass is 1620 g/mol. The van der Waals surface area contributed by atoms with E-state index in [4.69, 9.17) is 30.7 Å². The molecule has 10 aromatic rings. The first-order valence-corrected chi connectivity index (χ1v) is 38.7. The lowest BCUT2D eigenvalue weighted by molar-refractivity contribution is -0.597. The van der Waals surface area contributed by atoms with E-state index in [9.17, 15) is 26.3 Å². The molecule has 96 heavy (non-hydrogen) atoms. The standard InChI is InChI=1S/C22H23S.C20H26I.C18H15S.C13H12IO.2CHF3O3S.2CH4/c1-22(2,3)18-14-16-21(17-15-18)23(19-10-6-4-7-11-19)20-12-8-5-9-13-20;1-19(2,3)15-7-11-17(12-8-15)21-18-13-9-16(10-14-18)20(4,5)6;1-4-10-16(11-5-1)19(17-12-6-2-7-13-17)18-14-8-3-9-15-18;1-15-13-9-7-12(8-10-13)14-11-5-3-2-4-6-11;2*2-1(3,4)8(5,6)7;;/h4-17H,1-3H3;7-14H,1-6H3;1-15H;2-10H,1H3;2*(H,5,6,7);2*1H4/q4*+1;;;;/p-2. The Morgan fingerprint density at radius 3 is 0.677 bits per heavy atom. The molecule has 0 saturated heterocycles. The second kappa shape index (κ2) is 38.6. The maximum atomic E-state index is 10.7. The Hall–Kier alpha value is -6.44. The minimum absolute atomic E-state index is 0. The molecule has 10 aromatic carbocycles. The summed E-state index contributed by atoms with van der Waals surface area (Å²) in [6, 6.07) is 100. The van der Waals surface area contributed by atoms with Crippen LogP contribution in [-0.4, -0.2) is 44.1 Å². The van der Waals surface area contributed by atoms with Crippen LogP contribution in [0.3, 0.4) is 0 Å². The van der Waals surface area contributed by atoms with E-state index < -0.39 is 31.3 Å². The Labute approximate surface area is 593 Å². The van der Waals surface area contributed by atoms with Crippen molar-refractivity contribution in [3.8, 4) is 5.75 Å². The molecule has 0 N–H and O–H groups in total. The van der Waals surface area contributed by atoms with E-state index in [0.717, 1.165) is 5.75 Å². The third-order valence-electron chi connectivity index (χ3n) is 13.1. The van der Waals surface area contributed by atoms with Crippen LogP contribution in [0, 0.1) is 14.3 Å². The van der Waals surface area contributed by atoms with Crippen molar-refractivity contribution in [1.82, 2.24) is 0 Å². The molecule has 0 aliphatic heterocycles. The van der Waals surface area contributed by atoms with E-state index in [1.807, 2.05) is 12.1 Å². The number of alkyl halides is 6. The van der Waals surface area contributed by atoms with Gasteiger partial charge in [0, 0.05) is 0 Å². The highest BCUT2D eigenvalue weighted by Gasteiger charge is 2.38. The summed E-state index contributed by atoms with van der Waals surface area (Å²) in [7, 11) is -10.5. The smallest absolute Gasteiger partial charge is 0.485 e. The van der Waals surface area contributed by atoms with Gasteiger partial charge in [-0.25, -0.2) is 16.8 Å². The molecule has 0 aromatic heterocycles. The van der Waals surface area contributed by atoms with Crippen LogP contribution in [0.1, 0.15) is 93.9 Å². The van der Waals surface area contributed by atoms with E-state index in [1.165, 1.54) is 60.3 Å². The van der Waals surface area contributed by atoms with E-state index in [0.29, 0.717) is 0 Å². The summed E-state index contributed by atoms with van der Waals surface area (Å²) >= 11 is -0.115. The molecule has 10 rings (SSSR count). The Morgan fingerprint density at radius 1 is 0.302 bits per heavy atom. The first-order chi connectivity index (χ1) is 44.0. The fourth-order valence-corrected chi connectivity index (χ4v) is 16.6. The maximum Gasteiger partial charge on any atom is 0.485 e. The predicted molar refractivity (Wildman–Crippen MR) is 371 cm³/mol. The highest BCUT2D eigenvalue weighted by molar-refractivity contribution is 7.97. The molecule has 0 aliphatic rings. The SMILES string of the molecule is C.C.CC(C)(C)c1ccc([I+]c2ccc(C(C)(C)C)cc2)cc1.CC(C)(C)c1ccc([S+](c2ccccc2)c2ccccc2)cc1.COc1ccc([I+]c2ccccc2)cc1.O=S(=O)([O-])C(F)(F)F.O=S(=O)([O-])C(F)(F)F.c1ccc([S+](c2ccccc2)c2ccccc2)cc1. The van der Waals surface area contributed by atoms with Gasteiger partial charge < -0.3 is 13.8 Å². The van der Waals surface area contributed by atoms with Crippen LogP contribution in [0.2, 0.25) is 0 Å². The topological polar surface area (TPSA) is 124 Å². The van der Waals surface area contributed by atoms with Gasteiger partial charge in [-0.2, -0.15) is 26.3 Å². The van der Waals surface area contributed by atoms with Crippen molar-refractivity contribution in [3.63, 3.8) is 0 Å². The molecule has 512 valence electrons. The number of methoxy groups -OCH3 is 1. The Morgan fingerprint density at radius 2 is 0.479 bits per heavy atom. The molecule has 0 aliphatic carbocycles. The Kier molecular flexibility index (Phi) is 33.7. The van der Waals surface area contributed by atoms with E-state index >= 15 is 0 Å². The molecule has 0 spiro atoms. The fraction of sp³-hybridized carbons (Fsp3) is 0.221. The molecular weight excluding hydrogens is 1530 g/mol. The molecule has 0 atom stereocenters. The van der Waals surface area contributed by atoms with Gasteiger partial charge in [0.2, 0.25) is 0 Å². The summed E-state index contributed by atoms with van der Waals surface area (Å²) in [6.07, 6.45) is 0. The summed E-state index contributed by atoms with van der Waals surface area (Å²) in [5.41, 5.74) is -6.41. The first-order valence-electron chi connectivity index (χ1n) is 29.1. The van der Waals surface area contributed by atoms with Crippen molar-refractivity contribution >= 4 is 42.0 Å². The molecule has 0 amide bonds. The third kappa shape index (κ3) is 28.6. The summed E-state index contributed by atoms with van der Waals surface area (Å²) in [4.78, 5) is 8.18. The summed E-state index contributed by atoms with van der Waals surface area (Å²) < 4.78 is 129. The maximum absolute atomic E-state index is 10.7. The first kappa shape index (κ1) is 83.8. The summed E-state index contributed by atoms with van der Waals surface area (Å²) in [5.74, 6) is 0.927. The van der Waals surface area contributed by atoms with Crippen LogP contribution in [0.4, 0.5) is 26.3 Å².